The Labute approximate surface area is 93.1 Å². The minimum Gasteiger partial charge on any atom is -0.316 e. The van der Waals surface area contributed by atoms with Gasteiger partial charge in [0, 0.05) is 12.6 Å². The third-order valence-corrected chi connectivity index (χ3v) is 3.19. The van der Waals surface area contributed by atoms with E-state index in [0.717, 1.165) is 30.9 Å². The summed E-state index contributed by atoms with van der Waals surface area (Å²) in [6.45, 7) is 2.19. The third-order valence-electron chi connectivity index (χ3n) is 2.91. The quantitative estimate of drug-likeness (QED) is 0.837. The summed E-state index contributed by atoms with van der Waals surface area (Å²) in [4.78, 5) is 4.41. The molecule has 1 fully saturated rings. The Morgan fingerprint density at radius 3 is 3.07 bits per heavy atom. The molecule has 0 saturated carbocycles. The van der Waals surface area contributed by atoms with E-state index < -0.39 is 0 Å². The van der Waals surface area contributed by atoms with E-state index >= 15 is 0 Å². The summed E-state index contributed by atoms with van der Waals surface area (Å²) < 4.78 is 2.08. The molecule has 2 aromatic rings. The Bertz CT molecular complexity index is 488. The van der Waals surface area contributed by atoms with Gasteiger partial charge in [0.15, 0.2) is 5.15 Å². The monoisotopic (exact) mass is 221 g/mol. The SMILES string of the molecule is Clc1nc(CC2CNC2)n2ccccc12. The van der Waals surface area contributed by atoms with Crippen molar-refractivity contribution in [2.75, 3.05) is 13.1 Å². The van der Waals surface area contributed by atoms with Gasteiger partial charge in [-0.1, -0.05) is 17.7 Å². The van der Waals surface area contributed by atoms with Crippen molar-refractivity contribution < 1.29 is 0 Å². The van der Waals surface area contributed by atoms with Gasteiger partial charge in [0.1, 0.15) is 5.82 Å². The summed E-state index contributed by atoms with van der Waals surface area (Å²) >= 11 is 6.07. The van der Waals surface area contributed by atoms with Crippen molar-refractivity contribution in [3.05, 3.63) is 35.4 Å². The molecule has 0 bridgehead atoms. The van der Waals surface area contributed by atoms with Crippen molar-refractivity contribution in [2.45, 2.75) is 6.42 Å². The van der Waals surface area contributed by atoms with Crippen LogP contribution in [-0.2, 0) is 6.42 Å². The molecule has 0 aromatic carbocycles. The van der Waals surface area contributed by atoms with Crippen LogP contribution in [0.3, 0.4) is 0 Å². The predicted octanol–water partition coefficient (Wildman–Crippen LogP) is 1.75. The third kappa shape index (κ3) is 1.52. The van der Waals surface area contributed by atoms with Crippen molar-refractivity contribution in [3.8, 4) is 0 Å². The molecule has 0 radical (unpaired) electrons. The predicted molar refractivity (Wildman–Crippen MR) is 60.3 cm³/mol. The van der Waals surface area contributed by atoms with Crippen LogP contribution in [0.25, 0.3) is 5.52 Å². The van der Waals surface area contributed by atoms with E-state index in [9.17, 15) is 0 Å². The molecule has 1 aliphatic rings. The maximum absolute atomic E-state index is 6.07. The molecule has 3 heterocycles. The van der Waals surface area contributed by atoms with Crippen LogP contribution >= 0.6 is 11.6 Å². The Kier molecular flexibility index (Phi) is 2.15. The summed E-state index contributed by atoms with van der Waals surface area (Å²) in [6, 6.07) is 5.99. The minimum atomic E-state index is 0.609. The lowest BCUT2D eigenvalue weighted by Crippen LogP contribution is -2.43. The number of nitrogens with zero attached hydrogens (tertiary/aromatic N) is 2. The molecule has 1 N–H and O–H groups in total. The average Bonchev–Trinajstić information content (AvgIpc) is 2.51. The van der Waals surface area contributed by atoms with Crippen LogP contribution in [0.2, 0.25) is 5.15 Å². The number of nitrogens with one attached hydrogen (secondary N) is 1. The van der Waals surface area contributed by atoms with E-state index in [0.29, 0.717) is 11.1 Å². The molecule has 1 saturated heterocycles. The smallest absolute Gasteiger partial charge is 0.155 e. The van der Waals surface area contributed by atoms with E-state index in [4.69, 9.17) is 11.6 Å². The molecule has 4 heteroatoms. The summed E-state index contributed by atoms with van der Waals surface area (Å²) in [5.41, 5.74) is 1.00. The lowest BCUT2D eigenvalue weighted by atomic mass is 9.99. The molecule has 0 amide bonds. The van der Waals surface area contributed by atoms with E-state index in [1.165, 1.54) is 0 Å². The lowest BCUT2D eigenvalue weighted by Gasteiger charge is -2.26. The van der Waals surface area contributed by atoms with Crippen molar-refractivity contribution in [1.29, 1.82) is 0 Å². The van der Waals surface area contributed by atoms with E-state index in [1.807, 2.05) is 24.4 Å². The summed E-state index contributed by atoms with van der Waals surface area (Å²) in [7, 11) is 0. The Morgan fingerprint density at radius 2 is 2.33 bits per heavy atom. The van der Waals surface area contributed by atoms with Crippen LogP contribution in [0.15, 0.2) is 24.4 Å². The second-order valence-corrected chi connectivity index (χ2v) is 4.36. The highest BCUT2D eigenvalue weighted by Crippen LogP contribution is 2.20. The zero-order valence-corrected chi connectivity index (χ0v) is 9.04. The van der Waals surface area contributed by atoms with Gasteiger partial charge < -0.3 is 9.72 Å². The van der Waals surface area contributed by atoms with Gasteiger partial charge in [0.25, 0.3) is 0 Å². The number of aromatic nitrogens is 2. The first kappa shape index (κ1) is 9.19. The maximum atomic E-state index is 6.07. The molecule has 0 aliphatic carbocycles. The average molecular weight is 222 g/mol. The van der Waals surface area contributed by atoms with E-state index in [1.54, 1.807) is 0 Å². The van der Waals surface area contributed by atoms with Crippen LogP contribution in [0.4, 0.5) is 0 Å². The Hall–Kier alpha value is -1.06. The number of halogens is 1. The molecule has 0 atom stereocenters. The van der Waals surface area contributed by atoms with E-state index in [-0.39, 0.29) is 0 Å². The minimum absolute atomic E-state index is 0.609. The first-order chi connectivity index (χ1) is 7.34. The lowest BCUT2D eigenvalue weighted by molar-refractivity contribution is 0.340. The van der Waals surface area contributed by atoms with Crippen molar-refractivity contribution in [1.82, 2.24) is 14.7 Å². The largest absolute Gasteiger partial charge is 0.316 e. The molecular formula is C11H12ClN3. The first-order valence-corrected chi connectivity index (χ1v) is 5.54. The number of fused-ring (bicyclic) bond motifs is 1. The maximum Gasteiger partial charge on any atom is 0.155 e. The highest BCUT2D eigenvalue weighted by molar-refractivity contribution is 6.32. The molecule has 3 rings (SSSR count). The highest BCUT2D eigenvalue weighted by Gasteiger charge is 2.20. The fourth-order valence-corrected chi connectivity index (χ4v) is 2.21. The molecule has 78 valence electrons. The fraction of sp³-hybridized carbons (Fsp3) is 0.364. The molecule has 2 aromatic heterocycles. The number of hydrogen-bond donors (Lipinski definition) is 1. The molecule has 1 aliphatic heterocycles. The molecular weight excluding hydrogens is 210 g/mol. The Balaban J connectivity index is 2.02. The highest BCUT2D eigenvalue weighted by atomic mass is 35.5. The number of rotatable bonds is 2. The summed E-state index contributed by atoms with van der Waals surface area (Å²) in [5.74, 6) is 1.79. The van der Waals surface area contributed by atoms with Gasteiger partial charge in [0.05, 0.1) is 5.52 Å². The number of hydrogen-bond acceptors (Lipinski definition) is 2. The second-order valence-electron chi connectivity index (χ2n) is 4.00. The van der Waals surface area contributed by atoms with E-state index in [2.05, 4.69) is 14.7 Å². The molecule has 15 heavy (non-hydrogen) atoms. The fourth-order valence-electron chi connectivity index (χ4n) is 1.96. The summed E-state index contributed by atoms with van der Waals surface area (Å²) in [6.07, 6.45) is 3.03. The van der Waals surface area contributed by atoms with Crippen molar-refractivity contribution >= 4 is 17.1 Å². The summed E-state index contributed by atoms with van der Waals surface area (Å²) in [5, 5.41) is 3.88. The number of imidazole rings is 1. The van der Waals surface area contributed by atoms with Gasteiger partial charge in [0.2, 0.25) is 0 Å². The van der Waals surface area contributed by atoms with Gasteiger partial charge in [-0.05, 0) is 31.1 Å². The second kappa shape index (κ2) is 3.51. The number of pyridine rings is 1. The topological polar surface area (TPSA) is 29.3 Å². The van der Waals surface area contributed by atoms with Gasteiger partial charge in [-0.15, -0.1) is 0 Å². The van der Waals surface area contributed by atoms with Crippen LogP contribution in [0.5, 0.6) is 0 Å². The van der Waals surface area contributed by atoms with Gasteiger partial charge >= 0.3 is 0 Å². The standard InChI is InChI=1S/C11H12ClN3/c12-11-9-3-1-2-4-15(9)10(14-11)5-8-6-13-7-8/h1-4,8,13H,5-7H2. The van der Waals surface area contributed by atoms with Gasteiger partial charge in [-0.25, -0.2) is 4.98 Å². The van der Waals surface area contributed by atoms with Crippen LogP contribution in [0, 0.1) is 5.92 Å². The normalized spacial score (nSPS) is 16.9. The van der Waals surface area contributed by atoms with Crippen LogP contribution in [0.1, 0.15) is 5.82 Å². The van der Waals surface area contributed by atoms with Crippen molar-refractivity contribution in [3.63, 3.8) is 0 Å². The van der Waals surface area contributed by atoms with Crippen LogP contribution in [-0.4, -0.2) is 22.5 Å². The first-order valence-electron chi connectivity index (χ1n) is 5.17. The van der Waals surface area contributed by atoms with Gasteiger partial charge in [-0.2, -0.15) is 0 Å². The van der Waals surface area contributed by atoms with Crippen molar-refractivity contribution in [2.24, 2.45) is 5.92 Å². The van der Waals surface area contributed by atoms with Crippen LogP contribution < -0.4 is 5.32 Å². The zero-order valence-electron chi connectivity index (χ0n) is 8.28. The van der Waals surface area contributed by atoms with Gasteiger partial charge in [-0.3, -0.25) is 0 Å². The molecule has 3 nitrogen and oxygen atoms in total. The zero-order chi connectivity index (χ0) is 10.3. The molecule has 0 unspecified atom stereocenters. The Morgan fingerprint density at radius 1 is 1.47 bits per heavy atom. The molecule has 0 spiro atoms.